The number of esters is 1. The van der Waals surface area contributed by atoms with E-state index in [9.17, 15) is 4.79 Å². The molecule has 4 atom stereocenters. The van der Waals surface area contributed by atoms with Gasteiger partial charge < -0.3 is 4.74 Å². The molecular weight excluding hydrogens is 284 g/mol. The van der Waals surface area contributed by atoms with Crippen LogP contribution in [0, 0.1) is 28.6 Å². The van der Waals surface area contributed by atoms with Crippen LogP contribution < -0.4 is 0 Å². The summed E-state index contributed by atoms with van der Waals surface area (Å²) in [5.41, 5.74) is 1.98. The summed E-state index contributed by atoms with van der Waals surface area (Å²) in [6.45, 7) is 13.8. The molecule has 0 unspecified atom stereocenters. The summed E-state index contributed by atoms with van der Waals surface area (Å²) in [4.78, 5) is 11.5. The lowest BCUT2D eigenvalue weighted by Gasteiger charge is -2.56. The summed E-state index contributed by atoms with van der Waals surface area (Å²) in [5, 5.41) is 0. The number of hydrogen-bond donors (Lipinski definition) is 0. The third-order valence-corrected chi connectivity index (χ3v) is 6.53. The molecule has 0 aliphatic heterocycles. The summed E-state index contributed by atoms with van der Waals surface area (Å²) in [7, 11) is 1.47. The van der Waals surface area contributed by atoms with E-state index in [0.29, 0.717) is 35.0 Å². The van der Waals surface area contributed by atoms with Gasteiger partial charge in [-0.25, -0.2) is 0 Å². The van der Waals surface area contributed by atoms with Gasteiger partial charge in [-0.15, -0.1) is 0 Å². The zero-order valence-corrected chi connectivity index (χ0v) is 15.7. The van der Waals surface area contributed by atoms with Crippen molar-refractivity contribution in [1.82, 2.24) is 0 Å². The largest absolute Gasteiger partial charge is 0.469 e. The molecule has 0 aromatic heterocycles. The SMILES string of the molecule is C=C1C=C[C@H]2C(C)(C)CCC[C@]2(C)[C@H]1CC[C@H](C)CC(=O)OC. The van der Waals surface area contributed by atoms with Crippen LogP contribution in [0.25, 0.3) is 0 Å². The summed E-state index contributed by atoms with van der Waals surface area (Å²) >= 11 is 0. The molecule has 1 fully saturated rings. The number of rotatable bonds is 5. The molecule has 0 spiro atoms. The Balaban J connectivity index is 2.10. The highest BCUT2D eigenvalue weighted by Gasteiger charge is 2.50. The molecule has 0 aromatic rings. The molecule has 0 saturated heterocycles. The van der Waals surface area contributed by atoms with Crippen LogP contribution in [-0.2, 0) is 9.53 Å². The van der Waals surface area contributed by atoms with Crippen molar-refractivity contribution in [3.63, 3.8) is 0 Å². The van der Waals surface area contributed by atoms with Crippen molar-refractivity contribution in [3.05, 3.63) is 24.3 Å². The minimum atomic E-state index is -0.0947. The predicted molar refractivity (Wildman–Crippen MR) is 96.0 cm³/mol. The highest BCUT2D eigenvalue weighted by atomic mass is 16.5. The maximum absolute atomic E-state index is 11.5. The normalized spacial score (nSPS) is 33.9. The van der Waals surface area contributed by atoms with Gasteiger partial charge >= 0.3 is 5.97 Å². The molecule has 23 heavy (non-hydrogen) atoms. The molecule has 0 heterocycles. The Morgan fingerprint density at radius 2 is 2.09 bits per heavy atom. The fourth-order valence-corrected chi connectivity index (χ4v) is 5.20. The molecule has 0 radical (unpaired) electrons. The van der Waals surface area contributed by atoms with Gasteiger partial charge in [0.15, 0.2) is 0 Å². The van der Waals surface area contributed by atoms with E-state index >= 15 is 0 Å². The Hall–Kier alpha value is -1.05. The second-order valence-corrected chi connectivity index (χ2v) is 8.78. The zero-order valence-electron chi connectivity index (χ0n) is 15.7. The lowest BCUT2D eigenvalue weighted by Crippen LogP contribution is -2.47. The molecule has 0 aromatic carbocycles. The number of methoxy groups -OCH3 is 1. The number of fused-ring (bicyclic) bond motifs is 1. The fourth-order valence-electron chi connectivity index (χ4n) is 5.20. The summed E-state index contributed by atoms with van der Waals surface area (Å²) in [6, 6.07) is 0. The van der Waals surface area contributed by atoms with E-state index in [1.807, 2.05) is 0 Å². The first-order valence-corrected chi connectivity index (χ1v) is 9.14. The first-order valence-electron chi connectivity index (χ1n) is 9.14. The Bertz CT molecular complexity index is 488. The topological polar surface area (TPSA) is 26.3 Å². The van der Waals surface area contributed by atoms with Gasteiger partial charge in [0.25, 0.3) is 0 Å². The fraction of sp³-hybridized carbons (Fsp3) is 0.762. The van der Waals surface area contributed by atoms with E-state index in [2.05, 4.69) is 46.4 Å². The average molecular weight is 319 g/mol. The zero-order chi connectivity index (χ0) is 17.3. The molecule has 2 nitrogen and oxygen atoms in total. The van der Waals surface area contributed by atoms with Gasteiger partial charge in [0, 0.05) is 6.42 Å². The second-order valence-electron chi connectivity index (χ2n) is 8.78. The van der Waals surface area contributed by atoms with Gasteiger partial charge in [0.05, 0.1) is 7.11 Å². The lowest BCUT2D eigenvalue weighted by molar-refractivity contribution is -0.141. The van der Waals surface area contributed by atoms with E-state index in [1.54, 1.807) is 0 Å². The van der Waals surface area contributed by atoms with Gasteiger partial charge in [-0.05, 0) is 54.3 Å². The lowest BCUT2D eigenvalue weighted by atomic mass is 9.49. The number of carbonyl (C=O) groups is 1. The van der Waals surface area contributed by atoms with Crippen LogP contribution in [0.2, 0.25) is 0 Å². The Morgan fingerprint density at radius 3 is 2.74 bits per heavy atom. The van der Waals surface area contributed by atoms with Crippen LogP contribution in [-0.4, -0.2) is 13.1 Å². The smallest absolute Gasteiger partial charge is 0.305 e. The standard InChI is InChI=1S/C21H34O2/c1-15(14-19(22)23-6)8-10-17-16(2)9-11-18-20(3,4)12-7-13-21(17,18)5/h9,11,15,17-18H,2,7-8,10,12-14H2,1,3-6H3/t15-,17-,18-,21+/m0/s1. The minimum Gasteiger partial charge on any atom is -0.469 e. The van der Waals surface area contributed by atoms with Crippen molar-refractivity contribution in [2.24, 2.45) is 28.6 Å². The van der Waals surface area contributed by atoms with Crippen molar-refractivity contribution < 1.29 is 9.53 Å². The first kappa shape index (κ1) is 18.3. The molecule has 1 saturated carbocycles. The van der Waals surface area contributed by atoms with Crippen LogP contribution in [0.15, 0.2) is 24.3 Å². The second kappa shape index (κ2) is 6.83. The van der Waals surface area contributed by atoms with Gasteiger partial charge in [-0.2, -0.15) is 0 Å². The number of hydrogen-bond acceptors (Lipinski definition) is 2. The van der Waals surface area contributed by atoms with Crippen molar-refractivity contribution in [2.45, 2.75) is 66.2 Å². The monoisotopic (exact) mass is 318 g/mol. The van der Waals surface area contributed by atoms with Crippen LogP contribution in [0.4, 0.5) is 0 Å². The molecule has 0 bridgehead atoms. The van der Waals surface area contributed by atoms with E-state index in [0.717, 1.165) is 12.8 Å². The quantitative estimate of drug-likeness (QED) is 0.622. The third kappa shape index (κ3) is 3.72. The van der Waals surface area contributed by atoms with Crippen molar-refractivity contribution in [1.29, 1.82) is 0 Å². The third-order valence-electron chi connectivity index (χ3n) is 6.53. The highest BCUT2D eigenvalue weighted by molar-refractivity contribution is 5.69. The van der Waals surface area contributed by atoms with Gasteiger partial charge in [-0.3, -0.25) is 4.79 Å². The van der Waals surface area contributed by atoms with Crippen molar-refractivity contribution in [2.75, 3.05) is 7.11 Å². The molecule has 0 N–H and O–H groups in total. The Kier molecular flexibility index (Phi) is 5.43. The first-order chi connectivity index (χ1) is 10.7. The van der Waals surface area contributed by atoms with Crippen molar-refractivity contribution in [3.8, 4) is 0 Å². The van der Waals surface area contributed by atoms with E-state index in [-0.39, 0.29) is 5.97 Å². The van der Waals surface area contributed by atoms with Crippen molar-refractivity contribution >= 4 is 5.97 Å². The maximum atomic E-state index is 11.5. The highest BCUT2D eigenvalue weighted by Crippen LogP contribution is 2.59. The van der Waals surface area contributed by atoms with Crippen LogP contribution in [0.1, 0.15) is 66.2 Å². The summed E-state index contributed by atoms with van der Waals surface area (Å²) in [5.74, 6) is 1.45. The molecule has 2 aliphatic carbocycles. The molecule has 2 aliphatic rings. The van der Waals surface area contributed by atoms with Crippen LogP contribution >= 0.6 is 0 Å². The maximum Gasteiger partial charge on any atom is 0.305 e. The molecule has 130 valence electrons. The van der Waals surface area contributed by atoms with Gasteiger partial charge in [0.1, 0.15) is 0 Å². The van der Waals surface area contributed by atoms with Gasteiger partial charge in [-0.1, -0.05) is 58.4 Å². The Morgan fingerprint density at radius 1 is 1.39 bits per heavy atom. The van der Waals surface area contributed by atoms with Gasteiger partial charge in [0.2, 0.25) is 0 Å². The predicted octanol–water partition coefficient (Wildman–Crippen LogP) is 5.54. The van der Waals surface area contributed by atoms with E-state index < -0.39 is 0 Å². The van der Waals surface area contributed by atoms with Crippen LogP contribution in [0.5, 0.6) is 0 Å². The Labute approximate surface area is 142 Å². The van der Waals surface area contributed by atoms with Crippen LogP contribution in [0.3, 0.4) is 0 Å². The van der Waals surface area contributed by atoms with E-state index in [1.165, 1.54) is 31.9 Å². The average Bonchev–Trinajstić information content (AvgIpc) is 2.45. The van der Waals surface area contributed by atoms with E-state index in [4.69, 9.17) is 4.74 Å². The molecule has 0 amide bonds. The minimum absolute atomic E-state index is 0.0947. The molecule has 2 heteroatoms. The summed E-state index contributed by atoms with van der Waals surface area (Å²) in [6.07, 6.45) is 11.3. The molecular formula is C21H34O2. The number of ether oxygens (including phenoxy) is 1. The number of carbonyl (C=O) groups excluding carboxylic acids is 1. The molecule has 2 rings (SSSR count). The number of allylic oxidation sites excluding steroid dienone is 3. The summed E-state index contributed by atoms with van der Waals surface area (Å²) < 4.78 is 4.80.